The maximum atomic E-state index is 12.7. The molecule has 1 aliphatic heterocycles. The van der Waals surface area contributed by atoms with Crippen LogP contribution in [0.1, 0.15) is 38.2 Å². The van der Waals surface area contributed by atoms with Crippen molar-refractivity contribution in [3.8, 4) is 0 Å². The second-order valence-electron chi connectivity index (χ2n) is 6.69. The molecule has 1 atom stereocenters. The topological polar surface area (TPSA) is 46.6 Å². The van der Waals surface area contributed by atoms with Gasteiger partial charge in [-0.2, -0.15) is 11.8 Å². The van der Waals surface area contributed by atoms with Crippen LogP contribution in [0, 0.1) is 5.41 Å². The zero-order chi connectivity index (χ0) is 18.1. The van der Waals surface area contributed by atoms with Crippen molar-refractivity contribution in [2.75, 3.05) is 31.7 Å². The van der Waals surface area contributed by atoms with E-state index < -0.39 is 5.41 Å². The first-order valence-corrected chi connectivity index (χ1v) is 10.5. The van der Waals surface area contributed by atoms with Crippen molar-refractivity contribution in [1.82, 2.24) is 4.90 Å². The first-order chi connectivity index (χ1) is 12.1. The van der Waals surface area contributed by atoms with E-state index in [1.807, 2.05) is 36.3 Å². The van der Waals surface area contributed by atoms with Crippen LogP contribution in [-0.2, 0) is 20.7 Å². The number of piperidine rings is 1. The highest BCUT2D eigenvalue weighted by Crippen LogP contribution is 2.37. The highest BCUT2D eigenvalue weighted by Gasteiger charge is 2.44. The summed E-state index contributed by atoms with van der Waals surface area (Å²) in [6.45, 7) is 3.48. The lowest BCUT2D eigenvalue weighted by molar-refractivity contribution is -0.161. The molecule has 1 fully saturated rings. The minimum Gasteiger partial charge on any atom is -0.466 e. The number of hydrogen-bond donors (Lipinski definition) is 0. The normalized spacial score (nSPS) is 20.3. The molecule has 1 heterocycles. The molecule has 1 aliphatic rings. The zero-order valence-corrected chi connectivity index (χ0v) is 16.1. The van der Waals surface area contributed by atoms with Gasteiger partial charge in [-0.15, -0.1) is 0 Å². The molecule has 0 spiro atoms. The SMILES string of the molecule is CCOC(=O)[C@@]1(CCCc2ccccc2)CCCN(C(=O)CSC)C1. The van der Waals surface area contributed by atoms with Gasteiger partial charge in [0.25, 0.3) is 0 Å². The minimum atomic E-state index is -0.545. The summed E-state index contributed by atoms with van der Waals surface area (Å²) >= 11 is 1.53. The third-order valence-corrected chi connectivity index (χ3v) is 5.41. The van der Waals surface area contributed by atoms with Crippen molar-refractivity contribution in [2.45, 2.75) is 39.0 Å². The van der Waals surface area contributed by atoms with Crippen molar-refractivity contribution in [3.05, 3.63) is 35.9 Å². The van der Waals surface area contributed by atoms with E-state index in [0.717, 1.165) is 38.6 Å². The first-order valence-electron chi connectivity index (χ1n) is 9.09. The Hall–Kier alpha value is -1.49. The molecule has 1 aromatic carbocycles. The van der Waals surface area contributed by atoms with E-state index in [-0.39, 0.29) is 11.9 Å². The molecule has 2 rings (SSSR count). The maximum Gasteiger partial charge on any atom is 0.313 e. The Labute approximate surface area is 155 Å². The second-order valence-corrected chi connectivity index (χ2v) is 7.56. The number of aryl methyl sites for hydroxylation is 1. The van der Waals surface area contributed by atoms with Crippen molar-refractivity contribution in [3.63, 3.8) is 0 Å². The Kier molecular flexibility index (Phi) is 7.82. The van der Waals surface area contributed by atoms with Crippen LogP contribution in [0.5, 0.6) is 0 Å². The molecule has 0 bridgehead atoms. The number of hydrogen-bond acceptors (Lipinski definition) is 4. The number of likely N-dealkylation sites (tertiary alicyclic amines) is 1. The van der Waals surface area contributed by atoms with E-state index in [1.165, 1.54) is 17.3 Å². The molecule has 138 valence electrons. The lowest BCUT2D eigenvalue weighted by Crippen LogP contribution is -2.51. The number of carbonyl (C=O) groups excluding carboxylic acids is 2. The van der Waals surface area contributed by atoms with Crippen molar-refractivity contribution in [2.24, 2.45) is 5.41 Å². The van der Waals surface area contributed by atoms with E-state index in [2.05, 4.69) is 12.1 Å². The van der Waals surface area contributed by atoms with Gasteiger partial charge in [0.15, 0.2) is 0 Å². The summed E-state index contributed by atoms with van der Waals surface area (Å²) in [5.41, 5.74) is 0.740. The summed E-state index contributed by atoms with van der Waals surface area (Å²) in [6.07, 6.45) is 6.24. The number of carbonyl (C=O) groups is 2. The van der Waals surface area contributed by atoms with Crippen LogP contribution in [-0.4, -0.2) is 48.5 Å². The molecule has 0 aliphatic carbocycles. The lowest BCUT2D eigenvalue weighted by Gasteiger charge is -2.41. The van der Waals surface area contributed by atoms with E-state index in [1.54, 1.807) is 0 Å². The second kappa shape index (κ2) is 9.85. The molecule has 0 radical (unpaired) electrons. The molecule has 5 heteroatoms. The first kappa shape index (κ1) is 19.8. The molecule has 1 amide bonds. The summed E-state index contributed by atoms with van der Waals surface area (Å²) < 4.78 is 5.39. The number of thioether (sulfide) groups is 1. The Bertz CT molecular complexity index is 563. The van der Waals surface area contributed by atoms with E-state index in [4.69, 9.17) is 4.74 Å². The van der Waals surface area contributed by atoms with E-state index >= 15 is 0 Å². The molecular formula is C20H29NO3S. The maximum absolute atomic E-state index is 12.7. The largest absolute Gasteiger partial charge is 0.466 e. The number of esters is 1. The number of nitrogens with zero attached hydrogens (tertiary/aromatic N) is 1. The monoisotopic (exact) mass is 363 g/mol. The molecule has 1 saturated heterocycles. The van der Waals surface area contributed by atoms with Crippen molar-refractivity contribution in [1.29, 1.82) is 0 Å². The lowest BCUT2D eigenvalue weighted by atomic mass is 9.75. The zero-order valence-electron chi connectivity index (χ0n) is 15.3. The molecule has 0 aromatic heterocycles. The molecule has 0 unspecified atom stereocenters. The summed E-state index contributed by atoms with van der Waals surface area (Å²) in [5.74, 6) is 0.469. The van der Waals surface area contributed by atoms with Gasteiger partial charge in [-0.1, -0.05) is 30.3 Å². The number of amides is 1. The average Bonchev–Trinajstić information content (AvgIpc) is 2.63. The van der Waals surface area contributed by atoms with Gasteiger partial charge in [-0.3, -0.25) is 9.59 Å². The highest BCUT2D eigenvalue weighted by molar-refractivity contribution is 7.99. The molecule has 0 N–H and O–H groups in total. The number of rotatable bonds is 8. The third-order valence-electron chi connectivity index (χ3n) is 4.87. The van der Waals surface area contributed by atoms with Crippen LogP contribution in [0.4, 0.5) is 0 Å². The molecule has 25 heavy (non-hydrogen) atoms. The van der Waals surface area contributed by atoms with Crippen LogP contribution < -0.4 is 0 Å². The minimum absolute atomic E-state index is 0.129. The summed E-state index contributed by atoms with van der Waals surface area (Å²) in [5, 5.41) is 0. The Morgan fingerprint density at radius 3 is 2.72 bits per heavy atom. The van der Waals surface area contributed by atoms with E-state index in [0.29, 0.717) is 18.9 Å². The van der Waals surface area contributed by atoms with Gasteiger partial charge in [0.2, 0.25) is 5.91 Å². The fourth-order valence-electron chi connectivity index (χ4n) is 3.59. The standard InChI is InChI=1S/C20H29NO3S/c1-3-24-19(23)20(12-7-11-17-9-5-4-6-10-17)13-8-14-21(16-20)18(22)15-25-2/h4-6,9-10H,3,7-8,11-16H2,1-2H3/t20-/m0/s1. The summed E-state index contributed by atoms with van der Waals surface area (Å²) in [7, 11) is 0. The van der Waals surface area contributed by atoms with Crippen LogP contribution in [0.15, 0.2) is 30.3 Å². The van der Waals surface area contributed by atoms with Crippen LogP contribution in [0.25, 0.3) is 0 Å². The van der Waals surface area contributed by atoms with Gasteiger partial charge in [0.05, 0.1) is 17.8 Å². The summed E-state index contributed by atoms with van der Waals surface area (Å²) in [4.78, 5) is 26.9. The quantitative estimate of drug-likeness (QED) is 0.663. The Morgan fingerprint density at radius 1 is 1.28 bits per heavy atom. The third kappa shape index (κ3) is 5.50. The van der Waals surface area contributed by atoms with Crippen molar-refractivity contribution >= 4 is 23.6 Å². The van der Waals surface area contributed by atoms with Gasteiger partial charge < -0.3 is 9.64 Å². The van der Waals surface area contributed by atoms with Crippen LogP contribution in [0.3, 0.4) is 0 Å². The number of benzene rings is 1. The summed E-state index contributed by atoms with van der Waals surface area (Å²) in [6, 6.07) is 10.3. The fourth-order valence-corrected chi connectivity index (χ4v) is 4.02. The predicted octanol–water partition coefficient (Wildman–Crippen LogP) is 3.54. The average molecular weight is 364 g/mol. The van der Waals surface area contributed by atoms with Crippen LogP contribution >= 0.6 is 11.8 Å². The van der Waals surface area contributed by atoms with Gasteiger partial charge in [0.1, 0.15) is 0 Å². The molecular weight excluding hydrogens is 334 g/mol. The highest BCUT2D eigenvalue weighted by atomic mass is 32.2. The van der Waals surface area contributed by atoms with E-state index in [9.17, 15) is 9.59 Å². The molecule has 1 aromatic rings. The van der Waals surface area contributed by atoms with Crippen molar-refractivity contribution < 1.29 is 14.3 Å². The predicted molar refractivity (Wildman–Crippen MR) is 103 cm³/mol. The smallest absolute Gasteiger partial charge is 0.313 e. The number of ether oxygens (including phenoxy) is 1. The van der Waals surface area contributed by atoms with Gasteiger partial charge in [-0.25, -0.2) is 0 Å². The van der Waals surface area contributed by atoms with Crippen LogP contribution in [0.2, 0.25) is 0 Å². The fraction of sp³-hybridized carbons (Fsp3) is 0.600. The molecule has 4 nitrogen and oxygen atoms in total. The Morgan fingerprint density at radius 2 is 2.04 bits per heavy atom. The van der Waals surface area contributed by atoms with Gasteiger partial charge >= 0.3 is 5.97 Å². The van der Waals surface area contributed by atoms with Gasteiger partial charge in [-0.05, 0) is 50.8 Å². The molecule has 0 saturated carbocycles. The van der Waals surface area contributed by atoms with Gasteiger partial charge in [0, 0.05) is 13.1 Å². The Balaban J connectivity index is 2.05.